The lowest BCUT2D eigenvalue weighted by molar-refractivity contribution is -0.114. The highest BCUT2D eigenvalue weighted by atomic mass is 16.2. The lowest BCUT2D eigenvalue weighted by Crippen LogP contribution is -2.40. The Labute approximate surface area is 205 Å². The quantitative estimate of drug-likeness (QED) is 0.402. The van der Waals surface area contributed by atoms with Crippen LogP contribution in [0.3, 0.4) is 0 Å². The number of likely N-dealkylation sites (tertiary alicyclic amines) is 1. The fourth-order valence-corrected chi connectivity index (χ4v) is 5.10. The van der Waals surface area contributed by atoms with Crippen molar-refractivity contribution >= 4 is 28.5 Å². The van der Waals surface area contributed by atoms with Gasteiger partial charge in [-0.2, -0.15) is 0 Å². The monoisotopic (exact) mass is 466 g/mol. The van der Waals surface area contributed by atoms with Crippen LogP contribution < -0.4 is 5.32 Å². The number of carbonyl (C=O) groups is 2. The van der Waals surface area contributed by atoms with Crippen molar-refractivity contribution in [2.24, 2.45) is 5.92 Å². The number of rotatable bonds is 5. The standard InChI is InChI=1S/C29H30N4O2/c1-19-5-3-7-24(15-19)22-8-10-23(11-9-22)29(35)33-14-4-6-21(18-33)16-26-25-12-13-30-28(25)31-17-27(26)32-20(2)34/h3,5,7-13,15,17,21H,4,6,14,16,18H2,1-2H3,(H,30,31)(H,32,34)/t21-/m0/s1. The minimum absolute atomic E-state index is 0.0779. The van der Waals surface area contributed by atoms with Crippen LogP contribution in [-0.4, -0.2) is 39.8 Å². The van der Waals surface area contributed by atoms with Crippen molar-refractivity contribution in [3.05, 3.63) is 83.7 Å². The van der Waals surface area contributed by atoms with Gasteiger partial charge in [-0.1, -0.05) is 42.0 Å². The van der Waals surface area contributed by atoms with E-state index in [9.17, 15) is 9.59 Å². The second-order valence-electron chi connectivity index (χ2n) is 9.48. The molecule has 6 nitrogen and oxygen atoms in total. The molecule has 6 heteroatoms. The number of nitrogens with one attached hydrogen (secondary N) is 2. The first-order valence-electron chi connectivity index (χ1n) is 12.2. The number of aryl methyl sites for hydroxylation is 1. The van der Waals surface area contributed by atoms with Crippen LogP contribution in [0.1, 0.15) is 41.3 Å². The SMILES string of the molecule is CC(=O)Nc1cnc2[nH]ccc2c1C[C@@H]1CCCN(C(=O)c2ccc(-c3cccc(C)c3)cc2)C1. The van der Waals surface area contributed by atoms with Crippen molar-refractivity contribution in [3.8, 4) is 11.1 Å². The topological polar surface area (TPSA) is 78.1 Å². The third-order valence-corrected chi connectivity index (χ3v) is 6.79. The van der Waals surface area contributed by atoms with Gasteiger partial charge in [0.05, 0.1) is 11.9 Å². The maximum atomic E-state index is 13.3. The van der Waals surface area contributed by atoms with Gasteiger partial charge in [-0.25, -0.2) is 4.98 Å². The molecule has 178 valence electrons. The Morgan fingerprint density at radius 3 is 2.71 bits per heavy atom. The summed E-state index contributed by atoms with van der Waals surface area (Å²) in [5, 5.41) is 3.95. The van der Waals surface area contributed by atoms with Gasteiger partial charge in [0.1, 0.15) is 5.65 Å². The number of pyridine rings is 1. The van der Waals surface area contributed by atoms with Gasteiger partial charge >= 0.3 is 0 Å². The number of hydrogen-bond donors (Lipinski definition) is 2. The van der Waals surface area contributed by atoms with E-state index in [1.54, 1.807) is 6.20 Å². The maximum Gasteiger partial charge on any atom is 0.253 e. The van der Waals surface area contributed by atoms with Crippen LogP contribution in [0.25, 0.3) is 22.2 Å². The summed E-state index contributed by atoms with van der Waals surface area (Å²) in [4.78, 5) is 34.7. The first-order chi connectivity index (χ1) is 17.0. The molecule has 2 aromatic carbocycles. The molecule has 0 saturated carbocycles. The van der Waals surface area contributed by atoms with Crippen molar-refractivity contribution in [3.63, 3.8) is 0 Å². The molecule has 0 radical (unpaired) electrons. The summed E-state index contributed by atoms with van der Waals surface area (Å²) in [6.45, 7) is 5.06. The third kappa shape index (κ3) is 4.97. The van der Waals surface area contributed by atoms with Crippen LogP contribution in [0.15, 0.2) is 67.0 Å². The molecule has 0 aliphatic carbocycles. The number of aromatic nitrogens is 2. The number of piperidine rings is 1. The lowest BCUT2D eigenvalue weighted by atomic mass is 9.89. The van der Waals surface area contributed by atoms with Gasteiger partial charge < -0.3 is 15.2 Å². The third-order valence-electron chi connectivity index (χ3n) is 6.79. The molecule has 2 aromatic heterocycles. The Morgan fingerprint density at radius 1 is 1.11 bits per heavy atom. The molecule has 0 bridgehead atoms. The molecule has 1 aliphatic heterocycles. The fraction of sp³-hybridized carbons (Fsp3) is 0.276. The Hall–Kier alpha value is -3.93. The molecule has 4 aromatic rings. The zero-order valence-corrected chi connectivity index (χ0v) is 20.2. The largest absolute Gasteiger partial charge is 0.346 e. The van der Waals surface area contributed by atoms with Gasteiger partial charge in [-0.3, -0.25) is 9.59 Å². The summed E-state index contributed by atoms with van der Waals surface area (Å²) in [7, 11) is 0. The van der Waals surface area contributed by atoms with Gasteiger partial charge in [-0.15, -0.1) is 0 Å². The average molecular weight is 467 g/mol. The minimum atomic E-state index is -0.113. The maximum absolute atomic E-state index is 13.3. The van der Waals surface area contributed by atoms with Gasteiger partial charge in [0.15, 0.2) is 0 Å². The van der Waals surface area contributed by atoms with Gasteiger partial charge in [0.2, 0.25) is 5.91 Å². The minimum Gasteiger partial charge on any atom is -0.346 e. The van der Waals surface area contributed by atoms with E-state index in [4.69, 9.17) is 0 Å². The predicted molar refractivity (Wildman–Crippen MR) is 139 cm³/mol. The number of carbonyl (C=O) groups excluding carboxylic acids is 2. The van der Waals surface area contributed by atoms with E-state index in [0.717, 1.165) is 64.8 Å². The predicted octanol–water partition coefficient (Wildman–Crippen LogP) is 5.59. The summed E-state index contributed by atoms with van der Waals surface area (Å²) in [5.41, 5.74) is 6.85. The highest BCUT2D eigenvalue weighted by molar-refractivity contribution is 5.95. The molecule has 5 rings (SSSR count). The average Bonchev–Trinajstić information content (AvgIpc) is 3.34. The summed E-state index contributed by atoms with van der Waals surface area (Å²) >= 11 is 0. The van der Waals surface area contributed by atoms with E-state index < -0.39 is 0 Å². The van der Waals surface area contributed by atoms with Crippen LogP contribution in [0, 0.1) is 12.8 Å². The Morgan fingerprint density at radius 2 is 1.94 bits per heavy atom. The van der Waals surface area contributed by atoms with Gasteiger partial charge in [-0.05, 0) is 67.0 Å². The van der Waals surface area contributed by atoms with Crippen LogP contribution in [-0.2, 0) is 11.2 Å². The summed E-state index contributed by atoms with van der Waals surface area (Å²) < 4.78 is 0. The second-order valence-corrected chi connectivity index (χ2v) is 9.48. The molecule has 1 atom stereocenters. The van der Waals surface area contributed by atoms with Gasteiger partial charge in [0.25, 0.3) is 5.91 Å². The number of nitrogens with zero attached hydrogens (tertiary/aromatic N) is 2. The van der Waals surface area contributed by atoms with Crippen LogP contribution >= 0.6 is 0 Å². The number of aromatic amines is 1. The van der Waals surface area contributed by atoms with Crippen LogP contribution in [0.4, 0.5) is 5.69 Å². The normalized spacial score (nSPS) is 15.8. The van der Waals surface area contributed by atoms with E-state index in [0.29, 0.717) is 12.5 Å². The van der Waals surface area contributed by atoms with Gasteiger partial charge in [0, 0.05) is 37.2 Å². The van der Waals surface area contributed by atoms with E-state index in [1.807, 2.05) is 41.4 Å². The van der Waals surface area contributed by atoms with Crippen molar-refractivity contribution < 1.29 is 9.59 Å². The lowest BCUT2D eigenvalue weighted by Gasteiger charge is -2.33. The first kappa shape index (κ1) is 22.8. The number of benzene rings is 2. The smallest absolute Gasteiger partial charge is 0.253 e. The number of fused-ring (bicyclic) bond motifs is 1. The molecule has 0 unspecified atom stereocenters. The highest BCUT2D eigenvalue weighted by Gasteiger charge is 2.26. The first-order valence-corrected chi connectivity index (χ1v) is 12.2. The molecule has 1 aliphatic rings. The van der Waals surface area contributed by atoms with E-state index in [2.05, 4.69) is 46.5 Å². The number of H-pyrrole nitrogens is 1. The fourth-order valence-electron chi connectivity index (χ4n) is 5.10. The zero-order chi connectivity index (χ0) is 24.4. The molecule has 3 heterocycles. The second kappa shape index (κ2) is 9.74. The molecular weight excluding hydrogens is 436 g/mol. The van der Waals surface area contributed by atoms with Crippen LogP contribution in [0.5, 0.6) is 0 Å². The molecule has 35 heavy (non-hydrogen) atoms. The Kier molecular flexibility index (Phi) is 6.36. The number of amides is 2. The van der Waals surface area contributed by atoms with E-state index in [1.165, 1.54) is 12.5 Å². The van der Waals surface area contributed by atoms with E-state index >= 15 is 0 Å². The highest BCUT2D eigenvalue weighted by Crippen LogP contribution is 2.30. The molecule has 1 fully saturated rings. The van der Waals surface area contributed by atoms with Crippen molar-refractivity contribution in [1.29, 1.82) is 0 Å². The van der Waals surface area contributed by atoms with Crippen molar-refractivity contribution in [2.75, 3.05) is 18.4 Å². The van der Waals surface area contributed by atoms with E-state index in [-0.39, 0.29) is 11.8 Å². The molecule has 2 amide bonds. The molecular formula is C29H30N4O2. The number of anilines is 1. The Balaban J connectivity index is 1.32. The summed E-state index contributed by atoms with van der Waals surface area (Å²) in [5.74, 6) is 0.277. The Bertz CT molecular complexity index is 1370. The summed E-state index contributed by atoms with van der Waals surface area (Å²) in [6.07, 6.45) is 6.38. The van der Waals surface area contributed by atoms with Crippen molar-refractivity contribution in [1.82, 2.24) is 14.9 Å². The summed E-state index contributed by atoms with van der Waals surface area (Å²) in [6, 6.07) is 18.3. The number of hydrogen-bond acceptors (Lipinski definition) is 3. The molecule has 0 spiro atoms. The van der Waals surface area contributed by atoms with Crippen LogP contribution in [0.2, 0.25) is 0 Å². The van der Waals surface area contributed by atoms with Crippen molar-refractivity contribution in [2.45, 2.75) is 33.1 Å². The molecule has 1 saturated heterocycles. The zero-order valence-electron chi connectivity index (χ0n) is 20.2. The molecule has 2 N–H and O–H groups in total.